The predicted octanol–water partition coefficient (Wildman–Crippen LogP) is -0.387. The fourth-order valence-electron chi connectivity index (χ4n) is 2.41. The molecule has 9 nitrogen and oxygen atoms in total. The van der Waals surface area contributed by atoms with Crippen molar-refractivity contribution in [1.29, 1.82) is 0 Å². The van der Waals surface area contributed by atoms with Crippen LogP contribution in [0.3, 0.4) is 0 Å². The van der Waals surface area contributed by atoms with Crippen LogP contribution in [0.1, 0.15) is 20.8 Å². The van der Waals surface area contributed by atoms with Gasteiger partial charge in [-0.15, -0.1) is 0 Å². The molecular weight excluding hydrogens is 315 g/mol. The maximum absolute atomic E-state index is 11.6. The standard InChI is InChI=1S/3C4H5O3.Al/c3*1-3(5)2-4(6)7;/h3*2H,1H3,(H,6,7);. The molecule has 3 unspecified atom stereocenters. The predicted molar refractivity (Wildman–Crippen MR) is 72.0 cm³/mol. The summed E-state index contributed by atoms with van der Waals surface area (Å²) in [6.07, 6.45) is 0. The van der Waals surface area contributed by atoms with Gasteiger partial charge in [0.05, 0.1) is 14.3 Å². The third-order valence-corrected chi connectivity index (χ3v) is 7.84. The van der Waals surface area contributed by atoms with Crippen LogP contribution in [0.2, 0.25) is 14.3 Å². The number of carbonyl (C=O) groups excluding carboxylic acids is 3. The topological polar surface area (TPSA) is 163 Å². The summed E-state index contributed by atoms with van der Waals surface area (Å²) < 4.78 is -5.89. The molecule has 0 saturated heterocycles. The zero-order valence-electron chi connectivity index (χ0n) is 12.1. The molecule has 10 heteroatoms. The van der Waals surface area contributed by atoms with Gasteiger partial charge in [0.2, 0.25) is 0 Å². The Labute approximate surface area is 129 Å². The minimum atomic E-state index is -3.77. The summed E-state index contributed by atoms with van der Waals surface area (Å²) in [7, 11) is 0. The third-order valence-electron chi connectivity index (χ3n) is 3.27. The molecule has 0 aromatic rings. The fraction of sp³-hybridized carbons (Fsp3) is 0.500. The Bertz CT molecular complexity index is 421. The Kier molecular flexibility index (Phi) is 7.09. The van der Waals surface area contributed by atoms with Gasteiger partial charge in [0.1, 0.15) is 17.3 Å². The highest BCUT2D eigenvalue weighted by atomic mass is 27.2. The lowest BCUT2D eigenvalue weighted by Crippen LogP contribution is -2.48. The largest absolute Gasteiger partial charge is 0.482 e. The molecule has 0 amide bonds. The smallest absolute Gasteiger partial charge is 0.354 e. The summed E-state index contributed by atoms with van der Waals surface area (Å²) in [5, 5.41) is 27.4. The summed E-state index contributed by atoms with van der Waals surface area (Å²) >= 11 is -3.77. The lowest BCUT2D eigenvalue weighted by Gasteiger charge is -2.25. The Morgan fingerprint density at radius 3 is 0.864 bits per heavy atom. The number of ketones is 3. The summed E-state index contributed by atoms with van der Waals surface area (Å²) in [6, 6.07) is 0. The zero-order valence-corrected chi connectivity index (χ0v) is 13.3. The first kappa shape index (κ1) is 20.0. The first-order valence-corrected chi connectivity index (χ1v) is 8.13. The van der Waals surface area contributed by atoms with Gasteiger partial charge in [0.15, 0.2) is 0 Å². The molecule has 0 aliphatic carbocycles. The van der Waals surface area contributed by atoms with Crippen molar-refractivity contribution in [1.82, 2.24) is 0 Å². The lowest BCUT2D eigenvalue weighted by molar-refractivity contribution is -0.139. The van der Waals surface area contributed by atoms with Gasteiger partial charge in [-0.2, -0.15) is 0 Å². The number of hydrogen-bond acceptors (Lipinski definition) is 6. The number of hydrogen-bond donors (Lipinski definition) is 3. The van der Waals surface area contributed by atoms with E-state index in [0.29, 0.717) is 0 Å². The Morgan fingerprint density at radius 2 is 0.773 bits per heavy atom. The second kappa shape index (κ2) is 7.82. The minimum absolute atomic E-state index is 0.858. The van der Waals surface area contributed by atoms with Gasteiger partial charge in [-0.05, 0) is 20.8 Å². The van der Waals surface area contributed by atoms with Crippen molar-refractivity contribution in [3.05, 3.63) is 0 Å². The second-order valence-electron chi connectivity index (χ2n) is 4.86. The van der Waals surface area contributed by atoms with Crippen molar-refractivity contribution < 1.29 is 44.1 Å². The van der Waals surface area contributed by atoms with Crippen LogP contribution in [0.25, 0.3) is 0 Å². The van der Waals surface area contributed by atoms with E-state index in [1.165, 1.54) is 0 Å². The maximum Gasteiger partial charge on any atom is 0.354 e. The second-order valence-corrected chi connectivity index (χ2v) is 8.01. The van der Waals surface area contributed by atoms with E-state index >= 15 is 0 Å². The number of carboxylic acids is 3. The number of Topliss-reactive ketones (excluding diaryl/α,β-unsaturated/α-hetero) is 3. The molecule has 3 N–H and O–H groups in total. The van der Waals surface area contributed by atoms with Crippen LogP contribution in [0.15, 0.2) is 0 Å². The van der Waals surface area contributed by atoms with Crippen LogP contribution in [-0.2, 0) is 28.8 Å². The lowest BCUT2D eigenvalue weighted by atomic mass is 10.3. The summed E-state index contributed by atoms with van der Waals surface area (Å²) in [4.78, 5) is 68.6. The molecule has 0 rings (SSSR count). The zero-order chi connectivity index (χ0) is 17.8. The first-order valence-electron chi connectivity index (χ1n) is 6.13. The van der Waals surface area contributed by atoms with E-state index in [-0.39, 0.29) is 0 Å². The van der Waals surface area contributed by atoms with Gasteiger partial charge < -0.3 is 29.7 Å². The molecule has 22 heavy (non-hydrogen) atoms. The molecule has 0 saturated carbocycles. The number of carboxylic acid groups (broad SMARTS) is 3. The van der Waals surface area contributed by atoms with E-state index in [0.717, 1.165) is 20.8 Å². The van der Waals surface area contributed by atoms with Crippen molar-refractivity contribution >= 4 is 49.4 Å². The quantitative estimate of drug-likeness (QED) is 0.377. The SMILES string of the molecule is CC(=O)[CH](C(=O)O)[Al]([CH](C(C)=O)C(=O)O)[CH](C(C)=O)C(=O)O. The molecule has 0 radical (unpaired) electrons. The van der Waals surface area contributed by atoms with Crippen molar-refractivity contribution in [3.63, 3.8) is 0 Å². The van der Waals surface area contributed by atoms with Gasteiger partial charge in [-0.1, -0.05) is 0 Å². The first-order chi connectivity index (χ1) is 9.93. The molecule has 0 aliphatic rings. The van der Waals surface area contributed by atoms with Gasteiger partial charge in [-0.3, -0.25) is 14.4 Å². The molecular formula is C12H15AlO9. The number of aliphatic carboxylic acids is 3. The summed E-state index contributed by atoms with van der Waals surface area (Å²) in [6.45, 7) is 2.57. The molecule has 0 bridgehead atoms. The minimum Gasteiger partial charge on any atom is -0.482 e. The molecule has 0 spiro atoms. The van der Waals surface area contributed by atoms with Crippen molar-refractivity contribution in [2.24, 2.45) is 0 Å². The highest BCUT2D eigenvalue weighted by Gasteiger charge is 2.56. The molecule has 0 aromatic heterocycles. The highest BCUT2D eigenvalue weighted by Crippen LogP contribution is 2.34. The van der Waals surface area contributed by atoms with E-state index in [1.807, 2.05) is 0 Å². The van der Waals surface area contributed by atoms with E-state index < -0.39 is 63.7 Å². The number of rotatable bonds is 9. The van der Waals surface area contributed by atoms with Gasteiger partial charge >= 0.3 is 14.1 Å². The molecule has 3 atom stereocenters. The molecule has 0 heterocycles. The average Bonchev–Trinajstić information content (AvgIpc) is 2.24. The monoisotopic (exact) mass is 330 g/mol. The van der Waals surface area contributed by atoms with Crippen LogP contribution in [0.4, 0.5) is 0 Å². The highest BCUT2D eigenvalue weighted by molar-refractivity contribution is 6.82. The van der Waals surface area contributed by atoms with Crippen LogP contribution >= 0.6 is 0 Å². The van der Waals surface area contributed by atoms with Gasteiger partial charge in [-0.25, -0.2) is 0 Å². The van der Waals surface area contributed by atoms with E-state index in [2.05, 4.69) is 0 Å². The van der Waals surface area contributed by atoms with E-state index in [1.54, 1.807) is 0 Å². The fourth-order valence-corrected chi connectivity index (χ4v) is 6.17. The molecule has 120 valence electrons. The maximum atomic E-state index is 11.6. The van der Waals surface area contributed by atoms with Gasteiger partial charge in [0.25, 0.3) is 17.9 Å². The molecule has 0 aliphatic heterocycles. The Hall–Kier alpha value is -2.05. The van der Waals surface area contributed by atoms with Gasteiger partial charge in [0, 0.05) is 0 Å². The van der Waals surface area contributed by atoms with E-state index in [9.17, 15) is 28.8 Å². The molecule has 0 aromatic carbocycles. The van der Waals surface area contributed by atoms with Crippen LogP contribution < -0.4 is 0 Å². The normalized spacial score (nSPS) is 14.3. The van der Waals surface area contributed by atoms with Crippen molar-refractivity contribution in [3.8, 4) is 0 Å². The molecule has 0 fully saturated rings. The number of carbonyl (C=O) groups is 6. The Morgan fingerprint density at radius 1 is 0.591 bits per heavy atom. The van der Waals surface area contributed by atoms with Crippen LogP contribution in [0, 0.1) is 0 Å². The van der Waals surface area contributed by atoms with Crippen molar-refractivity contribution in [2.45, 2.75) is 35.1 Å². The average molecular weight is 330 g/mol. The van der Waals surface area contributed by atoms with Crippen LogP contribution in [0.5, 0.6) is 0 Å². The van der Waals surface area contributed by atoms with Crippen LogP contribution in [-0.4, -0.2) is 64.7 Å². The van der Waals surface area contributed by atoms with E-state index in [4.69, 9.17) is 15.3 Å². The Balaban J connectivity index is 6.39. The van der Waals surface area contributed by atoms with Crippen molar-refractivity contribution in [2.75, 3.05) is 0 Å². The summed E-state index contributed by atoms with van der Waals surface area (Å²) in [5.74, 6) is -8.14. The third kappa shape index (κ3) is 4.48. The summed E-state index contributed by atoms with van der Waals surface area (Å²) in [5.41, 5.74) is 0.